The molecular weight excluding hydrogens is 232 g/mol. The molecule has 1 aliphatic rings. The molecule has 1 aromatic rings. The summed E-state index contributed by atoms with van der Waals surface area (Å²) < 4.78 is 7.12. The smallest absolute Gasteiger partial charge is 0.241 e. The van der Waals surface area contributed by atoms with Crippen molar-refractivity contribution in [1.82, 2.24) is 15.1 Å². The fraction of sp³-hybridized carbons (Fsp3) is 0.667. The molecule has 0 spiro atoms. The number of aromatic nitrogens is 2. The fourth-order valence-electron chi connectivity index (χ4n) is 2.09. The summed E-state index contributed by atoms with van der Waals surface area (Å²) in [5.74, 6) is -0.166. The first-order valence-electron chi connectivity index (χ1n) is 6.30. The molecule has 1 aromatic heterocycles. The Morgan fingerprint density at radius 2 is 2.61 bits per heavy atom. The molecule has 1 saturated heterocycles. The second-order valence-electron chi connectivity index (χ2n) is 4.64. The van der Waals surface area contributed by atoms with E-state index in [-0.39, 0.29) is 5.91 Å². The Bertz CT molecular complexity index is 399. The van der Waals surface area contributed by atoms with Crippen LogP contribution < -0.4 is 11.1 Å². The molecule has 1 fully saturated rings. The number of hydrogen-bond acceptors (Lipinski definition) is 4. The maximum atomic E-state index is 11.8. The van der Waals surface area contributed by atoms with E-state index in [1.165, 1.54) is 0 Å². The number of nitrogens with two attached hydrogens (primary N) is 1. The van der Waals surface area contributed by atoms with Gasteiger partial charge in [0.1, 0.15) is 6.04 Å². The predicted molar refractivity (Wildman–Crippen MR) is 66.7 cm³/mol. The number of hydrogen-bond donors (Lipinski definition) is 2. The molecule has 1 aliphatic heterocycles. The summed E-state index contributed by atoms with van der Waals surface area (Å²) in [5, 5.41) is 6.84. The molecule has 0 radical (unpaired) electrons. The molecule has 6 heteroatoms. The summed E-state index contributed by atoms with van der Waals surface area (Å²) in [6, 6.07) is -0.650. The van der Waals surface area contributed by atoms with E-state index in [1.54, 1.807) is 24.1 Å². The summed E-state index contributed by atoms with van der Waals surface area (Å²) in [7, 11) is 1.80. The van der Waals surface area contributed by atoms with Gasteiger partial charge in [0, 0.05) is 32.0 Å². The standard InChI is InChI=1S/C12H20N4O2/c1-16-8-9(7-15-16)11(13)12(17)14-5-4-10-3-2-6-18-10/h7-8,10-11H,2-6,13H2,1H3,(H,14,17). The highest BCUT2D eigenvalue weighted by molar-refractivity contribution is 5.82. The lowest BCUT2D eigenvalue weighted by atomic mass is 10.1. The average molecular weight is 252 g/mol. The van der Waals surface area contributed by atoms with Crippen molar-refractivity contribution in [3.63, 3.8) is 0 Å². The van der Waals surface area contributed by atoms with Crippen LogP contribution in [0.15, 0.2) is 12.4 Å². The van der Waals surface area contributed by atoms with Crippen molar-refractivity contribution in [2.75, 3.05) is 13.2 Å². The maximum Gasteiger partial charge on any atom is 0.241 e. The quantitative estimate of drug-likeness (QED) is 0.779. The van der Waals surface area contributed by atoms with Crippen molar-refractivity contribution in [3.8, 4) is 0 Å². The molecule has 1 amide bonds. The van der Waals surface area contributed by atoms with Gasteiger partial charge in [0.15, 0.2) is 0 Å². The van der Waals surface area contributed by atoms with Crippen LogP contribution in [0, 0.1) is 0 Å². The zero-order valence-corrected chi connectivity index (χ0v) is 10.6. The molecule has 0 bridgehead atoms. The topological polar surface area (TPSA) is 82.2 Å². The van der Waals surface area contributed by atoms with Gasteiger partial charge in [-0.05, 0) is 19.3 Å². The Labute approximate surface area is 106 Å². The van der Waals surface area contributed by atoms with E-state index >= 15 is 0 Å². The van der Waals surface area contributed by atoms with Gasteiger partial charge in [0.25, 0.3) is 0 Å². The number of nitrogens with one attached hydrogen (secondary N) is 1. The molecule has 0 aromatic carbocycles. The van der Waals surface area contributed by atoms with E-state index in [0.29, 0.717) is 12.6 Å². The van der Waals surface area contributed by atoms with Crippen LogP contribution in [0.25, 0.3) is 0 Å². The first-order chi connectivity index (χ1) is 8.66. The third-order valence-electron chi connectivity index (χ3n) is 3.16. The highest BCUT2D eigenvalue weighted by Crippen LogP contribution is 2.14. The summed E-state index contributed by atoms with van der Waals surface area (Å²) in [6.45, 7) is 1.45. The Kier molecular flexibility index (Phi) is 4.33. The number of carbonyl (C=O) groups is 1. The minimum Gasteiger partial charge on any atom is -0.378 e. The number of aryl methyl sites for hydroxylation is 1. The van der Waals surface area contributed by atoms with Crippen molar-refractivity contribution >= 4 is 5.91 Å². The minimum absolute atomic E-state index is 0.166. The van der Waals surface area contributed by atoms with E-state index in [4.69, 9.17) is 10.5 Å². The summed E-state index contributed by atoms with van der Waals surface area (Å²) in [4.78, 5) is 11.8. The van der Waals surface area contributed by atoms with Crippen LogP contribution in [0.3, 0.4) is 0 Å². The number of rotatable bonds is 5. The third kappa shape index (κ3) is 3.30. The zero-order valence-electron chi connectivity index (χ0n) is 10.6. The number of amides is 1. The lowest BCUT2D eigenvalue weighted by molar-refractivity contribution is -0.122. The summed E-state index contributed by atoms with van der Waals surface area (Å²) in [6.07, 6.45) is 6.72. The van der Waals surface area contributed by atoms with Gasteiger partial charge in [-0.25, -0.2) is 0 Å². The van der Waals surface area contributed by atoms with Gasteiger partial charge in [-0.3, -0.25) is 9.48 Å². The van der Waals surface area contributed by atoms with E-state index in [0.717, 1.165) is 31.4 Å². The van der Waals surface area contributed by atoms with Gasteiger partial charge in [0.05, 0.1) is 12.3 Å². The highest BCUT2D eigenvalue weighted by atomic mass is 16.5. The molecule has 0 saturated carbocycles. The van der Waals surface area contributed by atoms with Crippen LogP contribution in [0.2, 0.25) is 0 Å². The number of nitrogens with zero attached hydrogens (tertiary/aromatic N) is 2. The first kappa shape index (κ1) is 13.0. The molecule has 0 aliphatic carbocycles. The average Bonchev–Trinajstić information content (AvgIpc) is 2.99. The van der Waals surface area contributed by atoms with Crippen LogP contribution in [0.1, 0.15) is 30.9 Å². The van der Waals surface area contributed by atoms with E-state index in [2.05, 4.69) is 10.4 Å². The van der Waals surface area contributed by atoms with Gasteiger partial charge in [-0.2, -0.15) is 5.10 Å². The van der Waals surface area contributed by atoms with Gasteiger partial charge < -0.3 is 15.8 Å². The van der Waals surface area contributed by atoms with Gasteiger partial charge >= 0.3 is 0 Å². The largest absolute Gasteiger partial charge is 0.378 e. The fourth-order valence-corrected chi connectivity index (χ4v) is 2.09. The van der Waals surface area contributed by atoms with Crippen LogP contribution in [-0.2, 0) is 16.6 Å². The van der Waals surface area contributed by atoms with Crippen molar-refractivity contribution in [2.45, 2.75) is 31.4 Å². The van der Waals surface area contributed by atoms with Gasteiger partial charge in [-0.1, -0.05) is 0 Å². The third-order valence-corrected chi connectivity index (χ3v) is 3.16. The van der Waals surface area contributed by atoms with Gasteiger partial charge in [-0.15, -0.1) is 0 Å². The summed E-state index contributed by atoms with van der Waals surface area (Å²) in [5.41, 5.74) is 6.58. The lowest BCUT2D eigenvalue weighted by Gasteiger charge is -2.13. The predicted octanol–water partition coefficient (Wildman–Crippen LogP) is 0.105. The molecule has 18 heavy (non-hydrogen) atoms. The molecule has 3 N–H and O–H groups in total. The zero-order chi connectivity index (χ0) is 13.0. The molecular formula is C12H20N4O2. The normalized spacial score (nSPS) is 20.9. The minimum atomic E-state index is -0.650. The van der Waals surface area contributed by atoms with Crippen LogP contribution >= 0.6 is 0 Å². The first-order valence-corrected chi connectivity index (χ1v) is 6.30. The molecule has 2 unspecified atom stereocenters. The number of ether oxygens (including phenoxy) is 1. The molecule has 2 heterocycles. The van der Waals surface area contributed by atoms with Gasteiger partial charge in [0.2, 0.25) is 5.91 Å². The van der Waals surface area contributed by atoms with Crippen LogP contribution in [-0.4, -0.2) is 34.9 Å². The SMILES string of the molecule is Cn1cc(C(N)C(=O)NCCC2CCCO2)cn1. The van der Waals surface area contributed by atoms with Crippen LogP contribution in [0.5, 0.6) is 0 Å². The summed E-state index contributed by atoms with van der Waals surface area (Å²) >= 11 is 0. The Morgan fingerprint density at radius 3 is 3.22 bits per heavy atom. The Balaban J connectivity index is 1.73. The second kappa shape index (κ2) is 5.97. The molecule has 100 valence electrons. The van der Waals surface area contributed by atoms with Crippen molar-refractivity contribution in [2.24, 2.45) is 12.8 Å². The number of carbonyl (C=O) groups excluding carboxylic acids is 1. The monoisotopic (exact) mass is 252 g/mol. The van der Waals surface area contributed by atoms with Crippen molar-refractivity contribution < 1.29 is 9.53 Å². The van der Waals surface area contributed by atoms with E-state index in [9.17, 15) is 4.79 Å². The Morgan fingerprint density at radius 1 is 1.78 bits per heavy atom. The van der Waals surface area contributed by atoms with E-state index in [1.807, 2.05) is 0 Å². The van der Waals surface area contributed by atoms with E-state index < -0.39 is 6.04 Å². The molecule has 2 rings (SSSR count). The van der Waals surface area contributed by atoms with Crippen LogP contribution in [0.4, 0.5) is 0 Å². The second-order valence-corrected chi connectivity index (χ2v) is 4.64. The van der Waals surface area contributed by atoms with Crippen molar-refractivity contribution in [1.29, 1.82) is 0 Å². The highest BCUT2D eigenvalue weighted by Gasteiger charge is 2.19. The Hall–Kier alpha value is -1.40. The lowest BCUT2D eigenvalue weighted by Crippen LogP contribution is -2.35. The maximum absolute atomic E-state index is 11.8. The molecule has 6 nitrogen and oxygen atoms in total. The molecule has 2 atom stereocenters. The van der Waals surface area contributed by atoms with Crippen molar-refractivity contribution in [3.05, 3.63) is 18.0 Å².